The monoisotopic (exact) mass is 249 g/mol. The fourth-order valence-electron chi connectivity index (χ4n) is 1.66. The second kappa shape index (κ2) is 4.95. The first-order valence-corrected chi connectivity index (χ1v) is 5.64. The van der Waals surface area contributed by atoms with E-state index in [1.807, 2.05) is 13.0 Å². The topological polar surface area (TPSA) is 84.7 Å². The number of ether oxygens (including phenoxy) is 1. The molecule has 96 valence electrons. The van der Waals surface area contributed by atoms with Gasteiger partial charge in [0.25, 0.3) is 0 Å². The first-order chi connectivity index (χ1) is 8.56. The van der Waals surface area contributed by atoms with Crippen LogP contribution in [0.3, 0.4) is 0 Å². The summed E-state index contributed by atoms with van der Waals surface area (Å²) in [5, 5.41) is 2.69. The Labute approximate surface area is 105 Å². The van der Waals surface area contributed by atoms with Gasteiger partial charge in [0.1, 0.15) is 13.2 Å². The average Bonchev–Trinajstić information content (AvgIpc) is 2.70. The van der Waals surface area contributed by atoms with E-state index in [1.165, 1.54) is 4.90 Å². The molecule has 2 rings (SSSR count). The normalized spacial score (nSPS) is 14.5. The zero-order chi connectivity index (χ0) is 13.1. The minimum atomic E-state index is -0.450. The average molecular weight is 249 g/mol. The van der Waals surface area contributed by atoms with Crippen LogP contribution >= 0.6 is 0 Å². The zero-order valence-corrected chi connectivity index (χ0v) is 10.1. The lowest BCUT2D eigenvalue weighted by atomic mass is 10.2. The van der Waals surface area contributed by atoms with Crippen LogP contribution in [0.4, 0.5) is 16.2 Å². The fraction of sp³-hybridized carbons (Fsp3) is 0.333. The molecule has 6 heteroatoms. The summed E-state index contributed by atoms with van der Waals surface area (Å²) in [5.41, 5.74) is 7.94. The van der Waals surface area contributed by atoms with E-state index in [1.54, 1.807) is 12.1 Å². The third-order valence-electron chi connectivity index (χ3n) is 2.74. The van der Waals surface area contributed by atoms with Gasteiger partial charge in [0.05, 0.1) is 6.54 Å². The summed E-state index contributed by atoms with van der Waals surface area (Å²) in [6.07, 6.45) is -0.450. The number of carbonyl (C=O) groups excluding carboxylic acids is 2. The SMILES string of the molecule is Cc1ccc(NC(=O)CN2CCOC2=O)cc1N. The summed E-state index contributed by atoms with van der Waals surface area (Å²) in [5.74, 6) is -0.267. The van der Waals surface area contributed by atoms with Crippen molar-refractivity contribution in [3.05, 3.63) is 23.8 Å². The molecule has 1 aliphatic heterocycles. The maximum Gasteiger partial charge on any atom is 0.410 e. The molecule has 1 saturated heterocycles. The van der Waals surface area contributed by atoms with Crippen molar-refractivity contribution in [1.82, 2.24) is 4.90 Å². The van der Waals surface area contributed by atoms with Crippen LogP contribution in [-0.2, 0) is 9.53 Å². The number of anilines is 2. The number of nitrogens with two attached hydrogens (primary N) is 1. The lowest BCUT2D eigenvalue weighted by Gasteiger charge is -2.12. The smallest absolute Gasteiger partial charge is 0.410 e. The third-order valence-corrected chi connectivity index (χ3v) is 2.74. The second-order valence-corrected chi connectivity index (χ2v) is 4.16. The predicted molar refractivity (Wildman–Crippen MR) is 67.1 cm³/mol. The Kier molecular flexibility index (Phi) is 3.36. The lowest BCUT2D eigenvalue weighted by Crippen LogP contribution is -2.33. The number of cyclic esters (lactones) is 1. The van der Waals surface area contributed by atoms with E-state index >= 15 is 0 Å². The molecule has 3 N–H and O–H groups in total. The lowest BCUT2D eigenvalue weighted by molar-refractivity contribution is -0.116. The molecule has 18 heavy (non-hydrogen) atoms. The third kappa shape index (κ3) is 2.71. The summed E-state index contributed by atoms with van der Waals surface area (Å²) in [4.78, 5) is 24.2. The molecule has 1 aromatic carbocycles. The highest BCUT2D eigenvalue weighted by Crippen LogP contribution is 2.16. The van der Waals surface area contributed by atoms with Crippen LogP contribution in [0.1, 0.15) is 5.56 Å². The molecule has 0 radical (unpaired) electrons. The number of aryl methyl sites for hydroxylation is 1. The largest absolute Gasteiger partial charge is 0.448 e. The summed E-state index contributed by atoms with van der Waals surface area (Å²) in [6, 6.07) is 5.29. The summed E-state index contributed by atoms with van der Waals surface area (Å²) < 4.78 is 4.74. The van der Waals surface area contributed by atoms with Gasteiger partial charge in [-0.15, -0.1) is 0 Å². The van der Waals surface area contributed by atoms with Crippen molar-refractivity contribution in [1.29, 1.82) is 0 Å². The van der Waals surface area contributed by atoms with Crippen LogP contribution in [0, 0.1) is 6.92 Å². The van der Waals surface area contributed by atoms with Crippen molar-refractivity contribution in [2.45, 2.75) is 6.92 Å². The van der Waals surface area contributed by atoms with Crippen LogP contribution in [0.5, 0.6) is 0 Å². The van der Waals surface area contributed by atoms with E-state index in [-0.39, 0.29) is 12.5 Å². The summed E-state index contributed by atoms with van der Waals surface area (Å²) in [7, 11) is 0. The maximum atomic E-state index is 11.7. The Bertz CT molecular complexity index is 487. The molecule has 0 bridgehead atoms. The predicted octanol–water partition coefficient (Wildman–Crippen LogP) is 0.968. The molecule has 0 saturated carbocycles. The van der Waals surface area contributed by atoms with Crippen molar-refractivity contribution >= 4 is 23.4 Å². The standard InChI is InChI=1S/C12H15N3O3/c1-8-2-3-9(6-10(8)13)14-11(16)7-15-4-5-18-12(15)17/h2-3,6H,4-5,7,13H2,1H3,(H,14,16). The van der Waals surface area contributed by atoms with E-state index in [0.29, 0.717) is 24.5 Å². The van der Waals surface area contributed by atoms with Gasteiger partial charge < -0.3 is 15.8 Å². The van der Waals surface area contributed by atoms with Gasteiger partial charge in [0.2, 0.25) is 5.91 Å². The Morgan fingerprint density at radius 2 is 2.33 bits per heavy atom. The van der Waals surface area contributed by atoms with Gasteiger partial charge in [-0.25, -0.2) is 4.79 Å². The molecular weight excluding hydrogens is 234 g/mol. The molecule has 1 aliphatic rings. The van der Waals surface area contributed by atoms with Gasteiger partial charge in [-0.3, -0.25) is 9.69 Å². The molecule has 2 amide bonds. The molecule has 1 heterocycles. The van der Waals surface area contributed by atoms with Gasteiger partial charge in [0, 0.05) is 11.4 Å². The van der Waals surface area contributed by atoms with Gasteiger partial charge >= 0.3 is 6.09 Å². The molecule has 0 aromatic heterocycles. The number of hydrogen-bond acceptors (Lipinski definition) is 4. The van der Waals surface area contributed by atoms with Crippen molar-refractivity contribution in [3.8, 4) is 0 Å². The summed E-state index contributed by atoms with van der Waals surface area (Å²) in [6.45, 7) is 2.67. The molecule has 1 fully saturated rings. The molecule has 0 spiro atoms. The van der Waals surface area contributed by atoms with Crippen LogP contribution in [0.2, 0.25) is 0 Å². The number of nitrogen functional groups attached to an aromatic ring is 1. The van der Waals surface area contributed by atoms with Gasteiger partial charge in [-0.1, -0.05) is 6.07 Å². The summed E-state index contributed by atoms with van der Waals surface area (Å²) >= 11 is 0. The van der Waals surface area contributed by atoms with Crippen molar-refractivity contribution < 1.29 is 14.3 Å². The maximum absolute atomic E-state index is 11.7. The fourth-order valence-corrected chi connectivity index (χ4v) is 1.66. The van der Waals surface area contributed by atoms with E-state index < -0.39 is 6.09 Å². The van der Waals surface area contributed by atoms with Crippen LogP contribution in [0.15, 0.2) is 18.2 Å². The Morgan fingerprint density at radius 3 is 2.94 bits per heavy atom. The van der Waals surface area contributed by atoms with Crippen LogP contribution < -0.4 is 11.1 Å². The number of hydrogen-bond donors (Lipinski definition) is 2. The highest BCUT2D eigenvalue weighted by Gasteiger charge is 2.23. The van der Waals surface area contributed by atoms with Crippen molar-refractivity contribution in [3.63, 3.8) is 0 Å². The van der Waals surface area contributed by atoms with Crippen LogP contribution in [-0.4, -0.2) is 36.6 Å². The van der Waals surface area contributed by atoms with Gasteiger partial charge in [-0.2, -0.15) is 0 Å². The number of benzene rings is 1. The number of rotatable bonds is 3. The zero-order valence-electron chi connectivity index (χ0n) is 10.1. The number of nitrogens with one attached hydrogen (secondary N) is 1. The molecule has 6 nitrogen and oxygen atoms in total. The quantitative estimate of drug-likeness (QED) is 0.782. The first-order valence-electron chi connectivity index (χ1n) is 5.64. The van der Waals surface area contributed by atoms with Crippen LogP contribution in [0.25, 0.3) is 0 Å². The molecule has 0 atom stereocenters. The van der Waals surface area contributed by atoms with Crippen molar-refractivity contribution in [2.24, 2.45) is 0 Å². The van der Waals surface area contributed by atoms with E-state index in [4.69, 9.17) is 10.5 Å². The van der Waals surface area contributed by atoms with E-state index in [0.717, 1.165) is 5.56 Å². The number of nitrogens with zero attached hydrogens (tertiary/aromatic N) is 1. The minimum absolute atomic E-state index is 0.00733. The molecular formula is C12H15N3O3. The number of carbonyl (C=O) groups is 2. The molecule has 1 aromatic rings. The molecule has 0 aliphatic carbocycles. The van der Waals surface area contributed by atoms with E-state index in [9.17, 15) is 9.59 Å². The Balaban J connectivity index is 1.94. The minimum Gasteiger partial charge on any atom is -0.448 e. The van der Waals surface area contributed by atoms with Crippen molar-refractivity contribution in [2.75, 3.05) is 30.7 Å². The first kappa shape index (κ1) is 12.2. The highest BCUT2D eigenvalue weighted by atomic mass is 16.6. The van der Waals surface area contributed by atoms with Gasteiger partial charge in [-0.05, 0) is 24.6 Å². The number of amides is 2. The Hall–Kier alpha value is -2.24. The van der Waals surface area contributed by atoms with E-state index in [2.05, 4.69) is 5.32 Å². The van der Waals surface area contributed by atoms with Gasteiger partial charge in [0.15, 0.2) is 0 Å². The Morgan fingerprint density at radius 1 is 1.56 bits per heavy atom. The second-order valence-electron chi connectivity index (χ2n) is 4.16. The highest BCUT2D eigenvalue weighted by molar-refractivity contribution is 5.94. The molecule has 0 unspecified atom stereocenters.